The van der Waals surface area contributed by atoms with E-state index in [1.54, 1.807) is 12.1 Å². The standard InChI is InChI=1S/C15H17F3N2S2/c1-4-14(5-2)10(3)21-13(20-14)19-11-6-8-12(9-7-11)22-15(16,17)18/h6-9H,3-5H2,1-2H3,(H,19,20). The van der Waals surface area contributed by atoms with Gasteiger partial charge in [-0.3, -0.25) is 4.99 Å². The summed E-state index contributed by atoms with van der Waals surface area (Å²) in [5.41, 5.74) is -3.78. The van der Waals surface area contributed by atoms with Gasteiger partial charge in [-0.25, -0.2) is 0 Å². The van der Waals surface area contributed by atoms with E-state index < -0.39 is 5.51 Å². The van der Waals surface area contributed by atoms with Crippen molar-refractivity contribution in [2.24, 2.45) is 4.99 Å². The van der Waals surface area contributed by atoms with Gasteiger partial charge in [-0.05, 0) is 48.9 Å². The van der Waals surface area contributed by atoms with Gasteiger partial charge >= 0.3 is 5.51 Å². The van der Waals surface area contributed by atoms with E-state index in [9.17, 15) is 13.2 Å². The number of alkyl halides is 3. The van der Waals surface area contributed by atoms with E-state index in [1.165, 1.54) is 23.9 Å². The lowest BCUT2D eigenvalue weighted by Crippen LogP contribution is -2.22. The van der Waals surface area contributed by atoms with Crippen LogP contribution < -0.4 is 5.32 Å². The van der Waals surface area contributed by atoms with Crippen LogP contribution in [0.5, 0.6) is 0 Å². The fourth-order valence-electron chi connectivity index (χ4n) is 2.21. The minimum atomic E-state index is -4.26. The molecule has 2 rings (SSSR count). The Morgan fingerprint density at radius 1 is 1.23 bits per heavy atom. The monoisotopic (exact) mass is 346 g/mol. The first kappa shape index (κ1) is 17.3. The highest BCUT2D eigenvalue weighted by Gasteiger charge is 2.36. The van der Waals surface area contributed by atoms with Gasteiger partial charge < -0.3 is 5.32 Å². The van der Waals surface area contributed by atoms with E-state index >= 15 is 0 Å². The van der Waals surface area contributed by atoms with E-state index in [0.29, 0.717) is 5.69 Å². The van der Waals surface area contributed by atoms with Crippen molar-refractivity contribution in [1.82, 2.24) is 0 Å². The molecule has 1 N–H and O–H groups in total. The molecule has 1 aliphatic heterocycles. The Kier molecular flexibility index (Phi) is 5.17. The summed E-state index contributed by atoms with van der Waals surface area (Å²) in [5.74, 6) is 0. The minimum Gasteiger partial charge on any atom is -0.335 e. The fourth-order valence-corrected chi connectivity index (χ4v) is 3.90. The summed E-state index contributed by atoms with van der Waals surface area (Å²) < 4.78 is 36.9. The highest BCUT2D eigenvalue weighted by molar-refractivity contribution is 8.17. The quantitative estimate of drug-likeness (QED) is 0.688. The number of hydrogen-bond donors (Lipinski definition) is 1. The molecule has 7 heteroatoms. The Hall–Kier alpha value is -1.08. The molecule has 0 unspecified atom stereocenters. The third-order valence-electron chi connectivity index (χ3n) is 3.56. The number of amidine groups is 1. The maximum atomic E-state index is 12.3. The predicted molar refractivity (Wildman–Crippen MR) is 89.5 cm³/mol. The highest BCUT2D eigenvalue weighted by atomic mass is 32.2. The normalized spacial score (nSPS) is 17.5. The molecule has 0 radical (unpaired) electrons. The van der Waals surface area contributed by atoms with E-state index in [-0.39, 0.29) is 22.2 Å². The second-order valence-electron chi connectivity index (χ2n) is 4.88. The third kappa shape index (κ3) is 4.01. The van der Waals surface area contributed by atoms with Gasteiger partial charge in [0.15, 0.2) is 5.17 Å². The molecule has 0 aliphatic carbocycles. The van der Waals surface area contributed by atoms with Gasteiger partial charge in [0.25, 0.3) is 0 Å². The van der Waals surface area contributed by atoms with Crippen LogP contribution in [0.15, 0.2) is 45.6 Å². The number of thioether (sulfide) groups is 2. The Labute approximate surface area is 136 Å². The molecule has 22 heavy (non-hydrogen) atoms. The van der Waals surface area contributed by atoms with Gasteiger partial charge in [0.1, 0.15) is 0 Å². The number of nitrogens with one attached hydrogen (secondary N) is 1. The van der Waals surface area contributed by atoms with Crippen molar-refractivity contribution in [3.63, 3.8) is 0 Å². The van der Waals surface area contributed by atoms with Gasteiger partial charge in [-0.1, -0.05) is 32.2 Å². The smallest absolute Gasteiger partial charge is 0.335 e. The molecule has 0 saturated carbocycles. The van der Waals surface area contributed by atoms with E-state index in [1.807, 2.05) is 0 Å². The van der Waals surface area contributed by atoms with Crippen molar-refractivity contribution in [2.45, 2.75) is 42.6 Å². The van der Waals surface area contributed by atoms with Crippen LogP contribution in [0.25, 0.3) is 0 Å². The molecule has 1 aliphatic rings. The Morgan fingerprint density at radius 2 is 1.82 bits per heavy atom. The van der Waals surface area contributed by atoms with E-state index in [0.717, 1.165) is 22.9 Å². The van der Waals surface area contributed by atoms with Crippen LogP contribution in [0.1, 0.15) is 26.7 Å². The second-order valence-corrected chi connectivity index (χ2v) is 7.10. The lowest BCUT2D eigenvalue weighted by molar-refractivity contribution is -0.0328. The zero-order valence-corrected chi connectivity index (χ0v) is 14.0. The third-order valence-corrected chi connectivity index (χ3v) is 5.32. The summed E-state index contributed by atoms with van der Waals surface area (Å²) in [5, 5.41) is 3.89. The topological polar surface area (TPSA) is 24.4 Å². The summed E-state index contributed by atoms with van der Waals surface area (Å²) in [6, 6.07) is 6.14. The number of hydrogen-bond acceptors (Lipinski definition) is 4. The van der Waals surface area contributed by atoms with E-state index in [2.05, 4.69) is 25.7 Å². The molecule has 2 nitrogen and oxygen atoms in total. The average molecular weight is 346 g/mol. The highest BCUT2D eigenvalue weighted by Crippen LogP contribution is 2.43. The van der Waals surface area contributed by atoms with Crippen LogP contribution in [0.2, 0.25) is 0 Å². The molecule has 0 atom stereocenters. The summed E-state index contributed by atoms with van der Waals surface area (Å²) in [7, 11) is 0. The fraction of sp³-hybridized carbons (Fsp3) is 0.400. The summed E-state index contributed by atoms with van der Waals surface area (Å²) >= 11 is 1.37. The van der Waals surface area contributed by atoms with Crippen molar-refractivity contribution in [3.8, 4) is 0 Å². The number of benzene rings is 1. The van der Waals surface area contributed by atoms with Crippen molar-refractivity contribution >= 4 is 34.4 Å². The van der Waals surface area contributed by atoms with Crippen LogP contribution in [0, 0.1) is 0 Å². The lowest BCUT2D eigenvalue weighted by Gasteiger charge is -2.22. The zero-order valence-electron chi connectivity index (χ0n) is 12.3. The number of anilines is 1. The summed E-state index contributed by atoms with van der Waals surface area (Å²) in [4.78, 5) is 5.87. The molecule has 0 fully saturated rings. The Bertz CT molecular complexity index is 575. The van der Waals surface area contributed by atoms with Crippen LogP contribution in [-0.2, 0) is 0 Å². The first-order chi connectivity index (χ1) is 10.3. The molecule has 1 heterocycles. The van der Waals surface area contributed by atoms with Crippen LogP contribution in [0.3, 0.4) is 0 Å². The van der Waals surface area contributed by atoms with Crippen LogP contribution in [-0.4, -0.2) is 16.2 Å². The van der Waals surface area contributed by atoms with Crippen molar-refractivity contribution in [2.75, 3.05) is 5.32 Å². The maximum Gasteiger partial charge on any atom is 0.446 e. The first-order valence-electron chi connectivity index (χ1n) is 6.88. The molecule has 0 bridgehead atoms. The first-order valence-corrected chi connectivity index (χ1v) is 8.51. The van der Waals surface area contributed by atoms with Crippen molar-refractivity contribution in [1.29, 1.82) is 0 Å². The van der Waals surface area contributed by atoms with E-state index in [4.69, 9.17) is 4.99 Å². The zero-order chi connectivity index (χ0) is 16.4. The van der Waals surface area contributed by atoms with Gasteiger partial charge in [0.05, 0.1) is 5.54 Å². The Balaban J connectivity index is 2.07. The number of halogens is 3. The van der Waals surface area contributed by atoms with Crippen molar-refractivity contribution in [3.05, 3.63) is 35.7 Å². The lowest BCUT2D eigenvalue weighted by atomic mass is 9.94. The molecular weight excluding hydrogens is 329 g/mol. The van der Waals surface area contributed by atoms with Crippen LogP contribution in [0.4, 0.5) is 18.9 Å². The molecule has 1 aromatic rings. The molecular formula is C15H17F3N2S2. The molecule has 0 aromatic heterocycles. The summed E-state index contributed by atoms with van der Waals surface area (Å²) in [6.07, 6.45) is 1.75. The molecule has 0 spiro atoms. The minimum absolute atomic E-state index is 0.118. The summed E-state index contributed by atoms with van der Waals surface area (Å²) in [6.45, 7) is 8.22. The number of rotatable bonds is 4. The largest absolute Gasteiger partial charge is 0.446 e. The maximum absolute atomic E-state index is 12.3. The van der Waals surface area contributed by atoms with Gasteiger partial charge in [-0.15, -0.1) is 0 Å². The molecule has 120 valence electrons. The number of aliphatic imine (C=N–C) groups is 1. The second kappa shape index (κ2) is 6.58. The van der Waals surface area contributed by atoms with Gasteiger partial charge in [-0.2, -0.15) is 13.2 Å². The average Bonchev–Trinajstić information content (AvgIpc) is 2.76. The van der Waals surface area contributed by atoms with Crippen molar-refractivity contribution < 1.29 is 13.2 Å². The predicted octanol–water partition coefficient (Wildman–Crippen LogP) is 5.89. The molecule has 1 aromatic carbocycles. The van der Waals surface area contributed by atoms with Gasteiger partial charge in [0.2, 0.25) is 0 Å². The van der Waals surface area contributed by atoms with Gasteiger partial charge in [0, 0.05) is 15.5 Å². The SMILES string of the molecule is C=C1SC(Nc2ccc(SC(F)(F)F)cc2)=NC1(CC)CC. The van der Waals surface area contributed by atoms with Crippen LogP contribution >= 0.6 is 23.5 Å². The molecule has 0 amide bonds. The Morgan fingerprint density at radius 3 is 2.27 bits per heavy atom. The molecule has 0 saturated heterocycles. The number of nitrogens with zero attached hydrogens (tertiary/aromatic N) is 1.